The minimum Gasteiger partial charge on any atom is -0.317 e. The fourth-order valence-corrected chi connectivity index (χ4v) is 4.26. The van der Waals surface area contributed by atoms with Crippen molar-refractivity contribution >= 4 is 21.4 Å². The van der Waals surface area contributed by atoms with Gasteiger partial charge in [0.2, 0.25) is 10.0 Å². The van der Waals surface area contributed by atoms with Crippen LogP contribution in [0.2, 0.25) is 0 Å². The fourth-order valence-electron chi connectivity index (χ4n) is 1.84. The van der Waals surface area contributed by atoms with Gasteiger partial charge in [0.1, 0.15) is 4.21 Å². The number of rotatable bonds is 8. The van der Waals surface area contributed by atoms with Crippen molar-refractivity contribution in [2.24, 2.45) is 7.05 Å². The number of nitrogens with one attached hydrogen (secondary N) is 2. The standard InChI is InChI=1S/C13H20N4O2S2/c1-3-14-7-6-12-4-5-13(20-12)21(18,19)16-9-11-8-15-17(2)10-11/h4-5,8,10,14,16H,3,6-7,9H2,1-2H3. The zero-order valence-electron chi connectivity index (χ0n) is 12.2. The van der Waals surface area contributed by atoms with Crippen LogP contribution in [0.15, 0.2) is 28.7 Å². The van der Waals surface area contributed by atoms with Crippen molar-refractivity contribution in [3.63, 3.8) is 0 Å². The van der Waals surface area contributed by atoms with Crippen molar-refractivity contribution in [1.29, 1.82) is 0 Å². The molecule has 2 rings (SSSR count). The highest BCUT2D eigenvalue weighted by molar-refractivity contribution is 7.91. The van der Waals surface area contributed by atoms with Crippen molar-refractivity contribution in [3.05, 3.63) is 35.0 Å². The van der Waals surface area contributed by atoms with E-state index in [1.807, 2.05) is 13.0 Å². The second-order valence-electron chi connectivity index (χ2n) is 4.67. The third-order valence-electron chi connectivity index (χ3n) is 2.92. The van der Waals surface area contributed by atoms with E-state index in [1.54, 1.807) is 30.2 Å². The molecule has 2 N–H and O–H groups in total. The van der Waals surface area contributed by atoms with E-state index < -0.39 is 10.0 Å². The highest BCUT2D eigenvalue weighted by atomic mass is 32.2. The first kappa shape index (κ1) is 16.2. The molecule has 2 heterocycles. The molecule has 0 unspecified atom stereocenters. The van der Waals surface area contributed by atoms with E-state index in [2.05, 4.69) is 15.1 Å². The lowest BCUT2D eigenvalue weighted by Gasteiger charge is -2.02. The fraction of sp³-hybridized carbons (Fsp3) is 0.462. The molecule has 0 saturated carbocycles. The van der Waals surface area contributed by atoms with Crippen LogP contribution >= 0.6 is 11.3 Å². The molecule has 2 aromatic heterocycles. The Hall–Kier alpha value is -1.22. The molecule has 21 heavy (non-hydrogen) atoms. The second-order valence-corrected chi connectivity index (χ2v) is 7.83. The molecule has 0 atom stereocenters. The SMILES string of the molecule is CCNCCc1ccc(S(=O)(=O)NCc2cnn(C)c2)s1. The smallest absolute Gasteiger partial charge is 0.250 e. The molecule has 0 aliphatic rings. The Morgan fingerprint density at radius 3 is 2.86 bits per heavy atom. The summed E-state index contributed by atoms with van der Waals surface area (Å²) in [5.74, 6) is 0. The van der Waals surface area contributed by atoms with Crippen LogP contribution in [-0.4, -0.2) is 31.3 Å². The lowest BCUT2D eigenvalue weighted by molar-refractivity contribution is 0.583. The monoisotopic (exact) mass is 328 g/mol. The maximum absolute atomic E-state index is 12.2. The van der Waals surface area contributed by atoms with Gasteiger partial charge in [0.05, 0.1) is 6.20 Å². The summed E-state index contributed by atoms with van der Waals surface area (Å²) in [5.41, 5.74) is 0.838. The summed E-state index contributed by atoms with van der Waals surface area (Å²) in [6.45, 7) is 4.08. The molecule has 0 aliphatic heterocycles. The van der Waals surface area contributed by atoms with Gasteiger partial charge >= 0.3 is 0 Å². The van der Waals surface area contributed by atoms with Gasteiger partial charge in [0, 0.05) is 30.2 Å². The molecule has 116 valence electrons. The molecule has 0 fully saturated rings. The van der Waals surface area contributed by atoms with Gasteiger partial charge in [-0.05, 0) is 31.6 Å². The molecule has 0 radical (unpaired) electrons. The van der Waals surface area contributed by atoms with Crippen LogP contribution < -0.4 is 10.0 Å². The van der Waals surface area contributed by atoms with Crippen LogP contribution in [0.3, 0.4) is 0 Å². The summed E-state index contributed by atoms with van der Waals surface area (Å²) >= 11 is 1.32. The Balaban J connectivity index is 1.95. The third-order valence-corrected chi connectivity index (χ3v) is 5.96. The number of nitrogens with zero attached hydrogens (tertiary/aromatic N) is 2. The Morgan fingerprint density at radius 1 is 1.38 bits per heavy atom. The lowest BCUT2D eigenvalue weighted by Crippen LogP contribution is -2.22. The number of likely N-dealkylation sites (N-methyl/N-ethyl adjacent to an activating group) is 1. The Morgan fingerprint density at radius 2 is 2.19 bits per heavy atom. The molecule has 8 heteroatoms. The summed E-state index contributed by atoms with van der Waals surface area (Å²) in [4.78, 5) is 1.07. The molecule has 0 bridgehead atoms. The average molecular weight is 328 g/mol. The van der Waals surface area contributed by atoms with E-state index in [1.165, 1.54) is 11.3 Å². The van der Waals surface area contributed by atoms with Crippen LogP contribution in [0, 0.1) is 0 Å². The molecule has 6 nitrogen and oxygen atoms in total. The zero-order valence-corrected chi connectivity index (χ0v) is 13.8. The Bertz CT molecular complexity index is 676. The third kappa shape index (κ3) is 4.63. The number of hydrogen-bond acceptors (Lipinski definition) is 5. The van der Waals surface area contributed by atoms with Crippen molar-refractivity contribution in [2.45, 2.75) is 24.1 Å². The molecule has 2 aromatic rings. The second kappa shape index (κ2) is 7.17. The van der Waals surface area contributed by atoms with Gasteiger partial charge in [-0.1, -0.05) is 6.92 Å². The van der Waals surface area contributed by atoms with Crippen molar-refractivity contribution < 1.29 is 8.42 Å². The highest BCUT2D eigenvalue weighted by Gasteiger charge is 2.16. The molecular formula is C13H20N4O2S2. The van der Waals surface area contributed by atoms with Gasteiger partial charge in [0.15, 0.2) is 0 Å². The normalized spacial score (nSPS) is 11.9. The molecule has 0 saturated heterocycles. The first-order valence-electron chi connectivity index (χ1n) is 6.78. The van der Waals surface area contributed by atoms with E-state index in [9.17, 15) is 8.42 Å². The number of sulfonamides is 1. The van der Waals surface area contributed by atoms with Gasteiger partial charge < -0.3 is 5.32 Å². The summed E-state index contributed by atoms with van der Waals surface area (Å²) < 4.78 is 29.0. The van der Waals surface area contributed by atoms with Crippen LogP contribution in [0.1, 0.15) is 17.4 Å². The van der Waals surface area contributed by atoms with Crippen LogP contribution in [0.5, 0.6) is 0 Å². The van der Waals surface area contributed by atoms with Crippen molar-refractivity contribution in [1.82, 2.24) is 19.8 Å². The largest absolute Gasteiger partial charge is 0.317 e. The first-order valence-corrected chi connectivity index (χ1v) is 9.08. The van der Waals surface area contributed by atoms with E-state index in [4.69, 9.17) is 0 Å². The molecular weight excluding hydrogens is 308 g/mol. The summed E-state index contributed by atoms with van der Waals surface area (Å²) in [6.07, 6.45) is 4.29. The molecule has 0 aliphatic carbocycles. The maximum Gasteiger partial charge on any atom is 0.250 e. The van der Waals surface area contributed by atoms with E-state index >= 15 is 0 Å². The lowest BCUT2D eigenvalue weighted by atomic mass is 10.3. The number of hydrogen-bond donors (Lipinski definition) is 2. The van der Waals surface area contributed by atoms with E-state index in [-0.39, 0.29) is 6.54 Å². The van der Waals surface area contributed by atoms with Crippen LogP contribution in [-0.2, 0) is 30.0 Å². The Kier molecular flexibility index (Phi) is 5.51. The van der Waals surface area contributed by atoms with Crippen LogP contribution in [0.25, 0.3) is 0 Å². The predicted octanol–water partition coefficient (Wildman–Crippen LogP) is 1.11. The molecule has 0 aromatic carbocycles. The first-order chi connectivity index (χ1) is 10.0. The quantitative estimate of drug-likeness (QED) is 0.712. The minimum absolute atomic E-state index is 0.251. The molecule has 0 spiro atoms. The van der Waals surface area contributed by atoms with Crippen molar-refractivity contribution in [2.75, 3.05) is 13.1 Å². The van der Waals surface area contributed by atoms with E-state index in [0.29, 0.717) is 4.21 Å². The van der Waals surface area contributed by atoms with Gasteiger partial charge in [-0.2, -0.15) is 5.10 Å². The average Bonchev–Trinajstić information content (AvgIpc) is 3.06. The predicted molar refractivity (Wildman–Crippen MR) is 83.8 cm³/mol. The number of aryl methyl sites for hydroxylation is 1. The maximum atomic E-state index is 12.2. The van der Waals surface area contributed by atoms with Gasteiger partial charge in [-0.3, -0.25) is 4.68 Å². The zero-order chi connectivity index (χ0) is 15.3. The van der Waals surface area contributed by atoms with Crippen LogP contribution in [0.4, 0.5) is 0 Å². The minimum atomic E-state index is -3.45. The van der Waals surface area contributed by atoms with Gasteiger partial charge in [0.25, 0.3) is 0 Å². The Labute approximate surface area is 129 Å². The van der Waals surface area contributed by atoms with Crippen molar-refractivity contribution in [3.8, 4) is 0 Å². The summed E-state index contributed by atoms with van der Waals surface area (Å²) in [5, 5.41) is 7.24. The summed E-state index contributed by atoms with van der Waals surface area (Å²) in [6, 6.07) is 3.54. The number of thiophene rings is 1. The van der Waals surface area contributed by atoms with E-state index in [0.717, 1.165) is 30.0 Å². The molecule has 0 amide bonds. The topological polar surface area (TPSA) is 76.0 Å². The summed E-state index contributed by atoms with van der Waals surface area (Å²) in [7, 11) is -1.65. The van der Waals surface area contributed by atoms with Gasteiger partial charge in [-0.25, -0.2) is 13.1 Å². The highest BCUT2D eigenvalue weighted by Crippen LogP contribution is 2.21. The number of aromatic nitrogens is 2. The van der Waals surface area contributed by atoms with Gasteiger partial charge in [-0.15, -0.1) is 11.3 Å².